The number of nitrogens with one attached hydrogen (secondary N) is 1. The van der Waals surface area contributed by atoms with Gasteiger partial charge in [0.05, 0.1) is 17.8 Å². The van der Waals surface area contributed by atoms with Crippen LogP contribution in [0.2, 0.25) is 5.02 Å². The van der Waals surface area contributed by atoms with Crippen molar-refractivity contribution < 1.29 is 4.74 Å². The second-order valence-corrected chi connectivity index (χ2v) is 7.06. The molecule has 0 saturated heterocycles. The minimum Gasteiger partial charge on any atom is -0.497 e. The molecular formula is C17H17ClINO. The summed E-state index contributed by atoms with van der Waals surface area (Å²) in [6.45, 7) is 0. The van der Waals surface area contributed by atoms with Gasteiger partial charge in [-0.1, -0.05) is 23.7 Å². The standard InChI is InChI=1S/C17H17ClINO/c1-21-15-5-2-11(3-6-15)12-8-14(9-12)20-17-7-4-13(19)10-16(17)18/h2-7,10,12,14,20H,8-9H2,1H3. The zero-order chi connectivity index (χ0) is 14.8. The van der Waals surface area contributed by atoms with Gasteiger partial charge in [0.1, 0.15) is 5.75 Å². The van der Waals surface area contributed by atoms with Gasteiger partial charge in [0.25, 0.3) is 0 Å². The van der Waals surface area contributed by atoms with E-state index in [1.807, 2.05) is 18.2 Å². The minimum absolute atomic E-state index is 0.509. The average molecular weight is 414 g/mol. The predicted octanol–water partition coefficient (Wildman–Crippen LogP) is 5.31. The molecule has 0 spiro atoms. The molecule has 0 bridgehead atoms. The lowest BCUT2D eigenvalue weighted by Crippen LogP contribution is -2.34. The summed E-state index contributed by atoms with van der Waals surface area (Å²) in [6, 6.07) is 15.0. The fourth-order valence-corrected chi connectivity index (χ4v) is 3.62. The van der Waals surface area contributed by atoms with Crippen molar-refractivity contribution in [3.05, 3.63) is 56.6 Å². The third kappa shape index (κ3) is 3.46. The molecule has 2 aromatic rings. The Morgan fingerprint density at radius 2 is 1.86 bits per heavy atom. The third-order valence-electron chi connectivity index (χ3n) is 4.02. The summed E-state index contributed by atoms with van der Waals surface area (Å²) < 4.78 is 6.36. The Balaban J connectivity index is 1.57. The zero-order valence-electron chi connectivity index (χ0n) is 11.8. The van der Waals surface area contributed by atoms with E-state index in [0.29, 0.717) is 12.0 Å². The van der Waals surface area contributed by atoms with Gasteiger partial charge in [-0.15, -0.1) is 0 Å². The van der Waals surface area contributed by atoms with Crippen molar-refractivity contribution in [2.75, 3.05) is 12.4 Å². The molecule has 1 aliphatic rings. The first-order chi connectivity index (χ1) is 10.2. The van der Waals surface area contributed by atoms with Gasteiger partial charge >= 0.3 is 0 Å². The Bertz CT molecular complexity index is 623. The van der Waals surface area contributed by atoms with Gasteiger partial charge in [0.2, 0.25) is 0 Å². The third-order valence-corrected chi connectivity index (χ3v) is 5.00. The van der Waals surface area contributed by atoms with E-state index >= 15 is 0 Å². The molecule has 110 valence electrons. The number of anilines is 1. The molecule has 0 radical (unpaired) electrons. The SMILES string of the molecule is COc1ccc(C2CC(Nc3ccc(I)cc3Cl)C2)cc1. The molecule has 0 heterocycles. The Labute approximate surface area is 144 Å². The van der Waals surface area contributed by atoms with Crippen LogP contribution in [0.1, 0.15) is 24.3 Å². The summed E-state index contributed by atoms with van der Waals surface area (Å²) in [4.78, 5) is 0. The second-order valence-electron chi connectivity index (χ2n) is 5.41. The van der Waals surface area contributed by atoms with Crippen LogP contribution in [0.3, 0.4) is 0 Å². The van der Waals surface area contributed by atoms with Gasteiger partial charge in [-0.05, 0) is 77.2 Å². The highest BCUT2D eigenvalue weighted by Gasteiger charge is 2.30. The van der Waals surface area contributed by atoms with E-state index in [2.05, 4.69) is 52.2 Å². The fraction of sp³-hybridized carbons (Fsp3) is 0.294. The molecule has 0 unspecified atom stereocenters. The van der Waals surface area contributed by atoms with Crippen LogP contribution in [0, 0.1) is 3.57 Å². The molecule has 1 N–H and O–H groups in total. The number of hydrogen-bond acceptors (Lipinski definition) is 2. The average Bonchev–Trinajstić information content (AvgIpc) is 2.44. The van der Waals surface area contributed by atoms with Crippen LogP contribution in [0.5, 0.6) is 5.75 Å². The number of rotatable bonds is 4. The number of ether oxygens (including phenoxy) is 1. The van der Waals surface area contributed by atoms with E-state index in [1.54, 1.807) is 7.11 Å². The summed E-state index contributed by atoms with van der Waals surface area (Å²) in [5.74, 6) is 1.55. The van der Waals surface area contributed by atoms with Crippen molar-refractivity contribution in [3.8, 4) is 5.75 Å². The minimum atomic E-state index is 0.509. The molecule has 0 aliphatic heterocycles. The van der Waals surface area contributed by atoms with Crippen LogP contribution in [0.25, 0.3) is 0 Å². The quantitative estimate of drug-likeness (QED) is 0.686. The Hall–Kier alpha value is -0.940. The first-order valence-corrected chi connectivity index (χ1v) is 8.47. The summed E-state index contributed by atoms with van der Waals surface area (Å²) in [5.41, 5.74) is 2.43. The summed E-state index contributed by atoms with van der Waals surface area (Å²) >= 11 is 8.53. The first-order valence-electron chi connectivity index (χ1n) is 7.01. The molecule has 1 saturated carbocycles. The lowest BCUT2D eigenvalue weighted by Gasteiger charge is -2.37. The van der Waals surface area contributed by atoms with Gasteiger partial charge in [-0.3, -0.25) is 0 Å². The highest BCUT2D eigenvalue weighted by Crippen LogP contribution is 2.39. The summed E-state index contributed by atoms with van der Waals surface area (Å²) in [7, 11) is 1.70. The van der Waals surface area contributed by atoms with E-state index in [1.165, 1.54) is 5.56 Å². The molecule has 0 amide bonds. The van der Waals surface area contributed by atoms with Crippen molar-refractivity contribution in [3.63, 3.8) is 0 Å². The van der Waals surface area contributed by atoms with Crippen molar-refractivity contribution in [2.24, 2.45) is 0 Å². The topological polar surface area (TPSA) is 21.3 Å². The maximum atomic E-state index is 6.26. The van der Waals surface area contributed by atoms with Crippen LogP contribution in [-0.4, -0.2) is 13.2 Å². The van der Waals surface area contributed by atoms with Crippen molar-refractivity contribution in [1.29, 1.82) is 0 Å². The van der Waals surface area contributed by atoms with Crippen LogP contribution in [0.15, 0.2) is 42.5 Å². The number of benzene rings is 2. The number of hydrogen-bond donors (Lipinski definition) is 1. The second kappa shape index (κ2) is 6.44. The maximum absolute atomic E-state index is 6.26. The number of halogens is 2. The maximum Gasteiger partial charge on any atom is 0.118 e. The van der Waals surface area contributed by atoms with Gasteiger partial charge in [-0.2, -0.15) is 0 Å². The zero-order valence-corrected chi connectivity index (χ0v) is 14.7. The Morgan fingerprint density at radius 3 is 2.48 bits per heavy atom. The van der Waals surface area contributed by atoms with Crippen LogP contribution in [-0.2, 0) is 0 Å². The molecule has 2 nitrogen and oxygen atoms in total. The Morgan fingerprint density at radius 1 is 1.14 bits per heavy atom. The van der Waals surface area contributed by atoms with Crippen molar-refractivity contribution in [2.45, 2.75) is 24.8 Å². The largest absolute Gasteiger partial charge is 0.497 e. The molecule has 0 aromatic heterocycles. The molecule has 1 fully saturated rings. The lowest BCUT2D eigenvalue weighted by molar-refractivity contribution is 0.373. The molecule has 3 rings (SSSR count). The molecule has 4 heteroatoms. The highest BCUT2D eigenvalue weighted by molar-refractivity contribution is 14.1. The monoisotopic (exact) mass is 413 g/mol. The van der Waals surface area contributed by atoms with Crippen LogP contribution < -0.4 is 10.1 Å². The molecular weight excluding hydrogens is 397 g/mol. The predicted molar refractivity (Wildman–Crippen MR) is 96.5 cm³/mol. The highest BCUT2D eigenvalue weighted by atomic mass is 127. The molecule has 1 aliphatic carbocycles. The summed E-state index contributed by atoms with van der Waals surface area (Å²) in [6.07, 6.45) is 2.29. The van der Waals surface area contributed by atoms with E-state index < -0.39 is 0 Å². The van der Waals surface area contributed by atoms with Gasteiger partial charge in [0.15, 0.2) is 0 Å². The normalized spacial score (nSPS) is 20.7. The van der Waals surface area contributed by atoms with E-state index in [-0.39, 0.29) is 0 Å². The van der Waals surface area contributed by atoms with Crippen LogP contribution in [0.4, 0.5) is 5.69 Å². The first kappa shape index (κ1) is 15.0. The lowest BCUT2D eigenvalue weighted by atomic mass is 9.76. The Kier molecular flexibility index (Phi) is 4.60. The summed E-state index contributed by atoms with van der Waals surface area (Å²) in [5, 5.41) is 4.34. The van der Waals surface area contributed by atoms with Crippen molar-refractivity contribution in [1.82, 2.24) is 0 Å². The number of methoxy groups -OCH3 is 1. The van der Waals surface area contributed by atoms with Gasteiger partial charge in [-0.25, -0.2) is 0 Å². The fourth-order valence-electron chi connectivity index (χ4n) is 2.71. The molecule has 21 heavy (non-hydrogen) atoms. The van der Waals surface area contributed by atoms with Gasteiger partial charge < -0.3 is 10.1 Å². The molecule has 0 atom stereocenters. The van der Waals surface area contributed by atoms with Gasteiger partial charge in [0, 0.05) is 9.61 Å². The van der Waals surface area contributed by atoms with Crippen molar-refractivity contribution >= 4 is 39.9 Å². The molecule has 2 aromatic carbocycles. The smallest absolute Gasteiger partial charge is 0.118 e. The van der Waals surface area contributed by atoms with E-state index in [9.17, 15) is 0 Å². The van der Waals surface area contributed by atoms with E-state index in [4.69, 9.17) is 16.3 Å². The van der Waals surface area contributed by atoms with Crippen LogP contribution >= 0.6 is 34.2 Å². The van der Waals surface area contributed by atoms with E-state index in [0.717, 1.165) is 32.9 Å².